The van der Waals surface area contributed by atoms with Crippen LogP contribution in [0, 0.1) is 0 Å². The van der Waals surface area contributed by atoms with Crippen LogP contribution in [0.4, 0.5) is 0 Å². The van der Waals surface area contributed by atoms with E-state index in [9.17, 15) is 13.2 Å². The Labute approximate surface area is 104 Å². The van der Waals surface area contributed by atoms with Gasteiger partial charge in [-0.2, -0.15) is 0 Å². The summed E-state index contributed by atoms with van der Waals surface area (Å²) in [6, 6.07) is 3.48. The quantitative estimate of drug-likeness (QED) is 0.857. The Kier molecular flexibility index (Phi) is 3.50. The normalized spacial score (nSPS) is 15.8. The third kappa shape index (κ3) is 3.05. The molecule has 1 aromatic rings. The Morgan fingerprint density at radius 3 is 2.82 bits per heavy atom. The summed E-state index contributed by atoms with van der Waals surface area (Å²) in [5.41, 5.74) is 0. The summed E-state index contributed by atoms with van der Waals surface area (Å²) in [6.45, 7) is -0.173. The smallest absolute Gasteiger partial charge is 0.250 e. The van der Waals surface area contributed by atoms with Crippen molar-refractivity contribution in [3.63, 3.8) is 0 Å². The molecule has 0 bridgehead atoms. The average Bonchev–Trinajstić information content (AvgIpc) is 2.99. The highest BCUT2D eigenvalue weighted by Gasteiger charge is 2.30. The molecule has 0 aromatic carbocycles. The molecule has 0 saturated heterocycles. The zero-order valence-corrected chi connectivity index (χ0v) is 11.1. The Morgan fingerprint density at radius 2 is 2.29 bits per heavy atom. The van der Waals surface area contributed by atoms with E-state index in [1.165, 1.54) is 6.07 Å². The van der Waals surface area contributed by atoms with Crippen LogP contribution in [0.3, 0.4) is 0 Å². The van der Waals surface area contributed by atoms with E-state index in [4.69, 9.17) is 0 Å². The molecule has 1 aliphatic carbocycles. The van der Waals surface area contributed by atoms with E-state index in [-0.39, 0.29) is 16.7 Å². The second-order valence-electron chi connectivity index (χ2n) is 3.99. The van der Waals surface area contributed by atoms with Gasteiger partial charge >= 0.3 is 0 Å². The Balaban J connectivity index is 1.91. The molecule has 0 atom stereocenters. The average molecular weight is 274 g/mol. The van der Waals surface area contributed by atoms with E-state index in [2.05, 4.69) is 4.72 Å². The molecule has 94 valence electrons. The standard InChI is InChI=1S/C10H14N2O3S2/c1-12(8-4-5-8)9(13)7-11-17(14,15)10-3-2-6-16-10/h2-3,6,8,11H,4-5,7H2,1H3. The van der Waals surface area contributed by atoms with Crippen molar-refractivity contribution in [2.24, 2.45) is 0 Å². The van der Waals surface area contributed by atoms with Crippen LogP contribution < -0.4 is 4.72 Å². The first-order valence-corrected chi connectivity index (χ1v) is 7.66. The largest absolute Gasteiger partial charge is 0.342 e. The van der Waals surface area contributed by atoms with Crippen LogP contribution in [0.25, 0.3) is 0 Å². The zero-order chi connectivity index (χ0) is 12.5. The summed E-state index contributed by atoms with van der Waals surface area (Å²) >= 11 is 1.13. The molecule has 1 aliphatic rings. The molecule has 7 heteroatoms. The van der Waals surface area contributed by atoms with Gasteiger partial charge in [-0.15, -0.1) is 11.3 Å². The number of thiophene rings is 1. The highest BCUT2D eigenvalue weighted by molar-refractivity contribution is 7.91. The highest BCUT2D eigenvalue weighted by atomic mass is 32.2. The fraction of sp³-hybridized carbons (Fsp3) is 0.500. The summed E-state index contributed by atoms with van der Waals surface area (Å²) in [4.78, 5) is 13.3. The van der Waals surface area contributed by atoms with Crippen LogP contribution in [-0.4, -0.2) is 38.9 Å². The van der Waals surface area contributed by atoms with Crippen molar-refractivity contribution in [3.8, 4) is 0 Å². The SMILES string of the molecule is CN(C(=O)CNS(=O)(=O)c1cccs1)C1CC1. The maximum absolute atomic E-state index is 11.7. The van der Waals surface area contributed by atoms with Crippen LogP contribution in [0.2, 0.25) is 0 Å². The number of nitrogens with zero attached hydrogens (tertiary/aromatic N) is 1. The number of rotatable bonds is 5. The van der Waals surface area contributed by atoms with Crippen LogP contribution in [-0.2, 0) is 14.8 Å². The summed E-state index contributed by atoms with van der Waals surface area (Å²) in [7, 11) is -1.82. The second kappa shape index (κ2) is 4.75. The molecule has 1 N–H and O–H groups in total. The van der Waals surface area contributed by atoms with E-state index < -0.39 is 10.0 Å². The van der Waals surface area contributed by atoms with Crippen LogP contribution in [0.5, 0.6) is 0 Å². The number of nitrogens with one attached hydrogen (secondary N) is 1. The van der Waals surface area contributed by atoms with Gasteiger partial charge in [-0.25, -0.2) is 13.1 Å². The summed E-state index contributed by atoms with van der Waals surface area (Å²) in [6.07, 6.45) is 2.03. The highest BCUT2D eigenvalue weighted by Crippen LogP contribution is 2.25. The van der Waals surface area contributed by atoms with Crippen molar-refractivity contribution in [1.82, 2.24) is 9.62 Å². The fourth-order valence-electron chi connectivity index (χ4n) is 1.43. The number of hydrogen-bond donors (Lipinski definition) is 1. The molecule has 0 unspecified atom stereocenters. The van der Waals surface area contributed by atoms with Gasteiger partial charge in [-0.1, -0.05) is 6.07 Å². The van der Waals surface area contributed by atoms with Gasteiger partial charge in [-0.05, 0) is 24.3 Å². The predicted octanol–water partition coefficient (Wildman–Crippen LogP) is 0.647. The molecular formula is C10H14N2O3S2. The van der Waals surface area contributed by atoms with Gasteiger partial charge in [0.1, 0.15) is 4.21 Å². The maximum atomic E-state index is 11.7. The molecule has 5 nitrogen and oxygen atoms in total. The minimum atomic E-state index is -3.53. The minimum Gasteiger partial charge on any atom is -0.342 e. The molecule has 1 fully saturated rings. The van der Waals surface area contributed by atoms with Crippen LogP contribution in [0.1, 0.15) is 12.8 Å². The number of amides is 1. The van der Waals surface area contributed by atoms with Crippen molar-refractivity contribution in [3.05, 3.63) is 17.5 Å². The molecule has 0 aliphatic heterocycles. The second-order valence-corrected chi connectivity index (χ2v) is 6.93. The minimum absolute atomic E-state index is 0.173. The zero-order valence-electron chi connectivity index (χ0n) is 9.42. The summed E-state index contributed by atoms with van der Waals surface area (Å²) in [5.74, 6) is -0.187. The number of likely N-dealkylation sites (N-methyl/N-ethyl adjacent to an activating group) is 1. The van der Waals surface area contributed by atoms with Crippen LogP contribution in [0.15, 0.2) is 21.7 Å². The lowest BCUT2D eigenvalue weighted by molar-refractivity contribution is -0.129. The first-order chi connectivity index (χ1) is 8.00. The molecule has 1 aromatic heterocycles. The molecule has 1 heterocycles. The lowest BCUT2D eigenvalue weighted by atomic mass is 10.5. The van der Waals surface area contributed by atoms with Gasteiger partial charge in [0.2, 0.25) is 5.91 Å². The molecule has 2 rings (SSSR count). The van der Waals surface area contributed by atoms with Gasteiger partial charge in [0.15, 0.2) is 0 Å². The fourth-order valence-corrected chi connectivity index (χ4v) is 3.45. The van der Waals surface area contributed by atoms with Crippen LogP contribution >= 0.6 is 11.3 Å². The lowest BCUT2D eigenvalue weighted by Gasteiger charge is -2.16. The van der Waals surface area contributed by atoms with Crippen molar-refractivity contribution in [2.45, 2.75) is 23.1 Å². The van der Waals surface area contributed by atoms with E-state index in [0.29, 0.717) is 6.04 Å². The molecule has 1 saturated carbocycles. The molecule has 1 amide bonds. The lowest BCUT2D eigenvalue weighted by Crippen LogP contribution is -2.38. The van der Waals surface area contributed by atoms with Gasteiger partial charge < -0.3 is 4.90 Å². The van der Waals surface area contributed by atoms with Crippen molar-refractivity contribution in [2.75, 3.05) is 13.6 Å². The van der Waals surface area contributed by atoms with Gasteiger partial charge in [0, 0.05) is 13.1 Å². The number of carbonyl (C=O) groups excluding carboxylic acids is 1. The summed E-state index contributed by atoms with van der Waals surface area (Å²) in [5, 5.41) is 1.69. The van der Waals surface area contributed by atoms with E-state index >= 15 is 0 Å². The topological polar surface area (TPSA) is 66.5 Å². The van der Waals surface area contributed by atoms with Crippen molar-refractivity contribution >= 4 is 27.3 Å². The molecule has 0 radical (unpaired) electrons. The Bertz CT molecular complexity index is 492. The van der Waals surface area contributed by atoms with E-state index in [1.807, 2.05) is 0 Å². The van der Waals surface area contributed by atoms with E-state index in [1.54, 1.807) is 23.4 Å². The Morgan fingerprint density at radius 1 is 1.59 bits per heavy atom. The first-order valence-electron chi connectivity index (χ1n) is 5.29. The third-order valence-corrected chi connectivity index (χ3v) is 5.46. The number of sulfonamides is 1. The number of carbonyl (C=O) groups is 1. The molecule has 17 heavy (non-hydrogen) atoms. The molecule has 0 spiro atoms. The van der Waals surface area contributed by atoms with Gasteiger partial charge in [0.05, 0.1) is 6.54 Å². The van der Waals surface area contributed by atoms with Crippen molar-refractivity contribution in [1.29, 1.82) is 0 Å². The Hall–Kier alpha value is -0.920. The first kappa shape index (κ1) is 12.5. The van der Waals surface area contributed by atoms with Gasteiger partial charge in [0.25, 0.3) is 10.0 Å². The summed E-state index contributed by atoms with van der Waals surface area (Å²) < 4.78 is 26.0. The molecular weight excluding hydrogens is 260 g/mol. The third-order valence-electron chi connectivity index (χ3n) is 2.66. The number of hydrogen-bond acceptors (Lipinski definition) is 4. The monoisotopic (exact) mass is 274 g/mol. The van der Waals surface area contributed by atoms with Crippen molar-refractivity contribution < 1.29 is 13.2 Å². The predicted molar refractivity (Wildman–Crippen MR) is 65.3 cm³/mol. The maximum Gasteiger partial charge on any atom is 0.250 e. The van der Waals surface area contributed by atoms with Gasteiger partial charge in [-0.3, -0.25) is 4.79 Å². The van der Waals surface area contributed by atoms with E-state index in [0.717, 1.165) is 24.2 Å².